The predicted octanol–water partition coefficient (Wildman–Crippen LogP) is 1.12. The Hall–Kier alpha value is -0.650. The summed E-state index contributed by atoms with van der Waals surface area (Å²) in [4.78, 5) is 14.2. The van der Waals surface area contributed by atoms with E-state index in [-0.39, 0.29) is 5.91 Å². The van der Waals surface area contributed by atoms with Gasteiger partial charge in [0.05, 0.1) is 11.6 Å². The molecule has 2 rings (SSSR count). The number of amides is 1. The zero-order valence-corrected chi connectivity index (χ0v) is 13.7. The van der Waals surface area contributed by atoms with Crippen molar-refractivity contribution in [2.24, 2.45) is 11.7 Å². The van der Waals surface area contributed by atoms with E-state index in [0.29, 0.717) is 18.1 Å². The summed E-state index contributed by atoms with van der Waals surface area (Å²) in [5.74, 6) is 0.412. The largest absolute Gasteiger partial charge is 0.380 e. The predicted molar refractivity (Wildman–Crippen MR) is 84.0 cm³/mol. The third-order valence-corrected chi connectivity index (χ3v) is 5.07. The Bertz CT molecular complexity index is 359. The molecule has 1 aliphatic heterocycles. The van der Waals surface area contributed by atoms with E-state index in [9.17, 15) is 4.79 Å². The maximum Gasteiger partial charge on any atom is 0.237 e. The number of piperidine rings is 1. The summed E-state index contributed by atoms with van der Waals surface area (Å²) in [5, 5.41) is 3.41. The molecule has 3 unspecified atom stereocenters. The third-order valence-electron chi connectivity index (χ3n) is 5.07. The lowest BCUT2D eigenvalue weighted by atomic mass is 9.93. The molecule has 5 heteroatoms. The van der Waals surface area contributed by atoms with Gasteiger partial charge in [-0.3, -0.25) is 4.79 Å². The molecule has 0 spiro atoms. The maximum atomic E-state index is 11.7. The van der Waals surface area contributed by atoms with Crippen molar-refractivity contribution < 1.29 is 9.53 Å². The van der Waals surface area contributed by atoms with Crippen molar-refractivity contribution in [3.8, 4) is 0 Å². The van der Waals surface area contributed by atoms with Gasteiger partial charge in [0, 0.05) is 19.7 Å². The third kappa shape index (κ3) is 4.66. The molecule has 1 heterocycles. The average molecular weight is 297 g/mol. The molecule has 5 nitrogen and oxygen atoms in total. The molecule has 2 fully saturated rings. The van der Waals surface area contributed by atoms with Gasteiger partial charge < -0.3 is 20.7 Å². The summed E-state index contributed by atoms with van der Waals surface area (Å²) >= 11 is 0. The Labute approximate surface area is 128 Å². The molecule has 0 radical (unpaired) electrons. The normalized spacial score (nSPS) is 30.0. The van der Waals surface area contributed by atoms with Crippen LogP contribution in [0.15, 0.2) is 0 Å². The highest BCUT2D eigenvalue weighted by molar-refractivity contribution is 5.84. The molecule has 0 aromatic heterocycles. The molecule has 2 aliphatic rings. The SMILES string of the molecule is COC1CN(CCCC(C)(NC2CC2)C(N)=O)CCC1C. The molecule has 1 aliphatic carbocycles. The van der Waals surface area contributed by atoms with Crippen LogP contribution in [-0.4, -0.2) is 55.2 Å². The highest BCUT2D eigenvalue weighted by Crippen LogP contribution is 2.25. The van der Waals surface area contributed by atoms with Crippen LogP contribution < -0.4 is 11.1 Å². The number of hydrogen-bond acceptors (Lipinski definition) is 4. The summed E-state index contributed by atoms with van der Waals surface area (Å²) in [6.45, 7) is 7.35. The maximum absolute atomic E-state index is 11.7. The van der Waals surface area contributed by atoms with Crippen LogP contribution in [0.4, 0.5) is 0 Å². The van der Waals surface area contributed by atoms with Crippen molar-refractivity contribution in [3.63, 3.8) is 0 Å². The van der Waals surface area contributed by atoms with Crippen LogP contribution in [0.5, 0.6) is 0 Å². The first kappa shape index (κ1) is 16.7. The van der Waals surface area contributed by atoms with E-state index in [2.05, 4.69) is 17.1 Å². The highest BCUT2D eigenvalue weighted by atomic mass is 16.5. The molecular formula is C16H31N3O2. The molecular weight excluding hydrogens is 266 g/mol. The quantitative estimate of drug-likeness (QED) is 0.704. The van der Waals surface area contributed by atoms with Gasteiger partial charge in [-0.15, -0.1) is 0 Å². The number of ether oxygens (including phenoxy) is 1. The summed E-state index contributed by atoms with van der Waals surface area (Å²) in [6, 6.07) is 0.496. The van der Waals surface area contributed by atoms with Gasteiger partial charge in [0.2, 0.25) is 5.91 Å². The second-order valence-corrected chi connectivity index (χ2v) is 7.06. The topological polar surface area (TPSA) is 67.6 Å². The Morgan fingerprint density at radius 1 is 1.43 bits per heavy atom. The van der Waals surface area contributed by atoms with Gasteiger partial charge in [0.25, 0.3) is 0 Å². The molecule has 21 heavy (non-hydrogen) atoms. The zero-order valence-electron chi connectivity index (χ0n) is 13.7. The number of carbonyl (C=O) groups is 1. The Morgan fingerprint density at radius 2 is 2.14 bits per heavy atom. The zero-order chi connectivity index (χ0) is 15.5. The van der Waals surface area contributed by atoms with E-state index in [1.165, 1.54) is 19.3 Å². The molecule has 3 N–H and O–H groups in total. The van der Waals surface area contributed by atoms with E-state index in [4.69, 9.17) is 10.5 Å². The molecule has 1 saturated heterocycles. The molecule has 1 saturated carbocycles. The van der Waals surface area contributed by atoms with Crippen LogP contribution >= 0.6 is 0 Å². The fourth-order valence-electron chi connectivity index (χ4n) is 3.21. The lowest BCUT2D eigenvalue weighted by molar-refractivity contribution is -0.124. The van der Waals surface area contributed by atoms with E-state index >= 15 is 0 Å². The summed E-state index contributed by atoms with van der Waals surface area (Å²) < 4.78 is 5.55. The first-order chi connectivity index (χ1) is 9.94. The van der Waals surface area contributed by atoms with E-state index in [0.717, 1.165) is 32.5 Å². The number of nitrogens with zero attached hydrogens (tertiary/aromatic N) is 1. The first-order valence-electron chi connectivity index (χ1n) is 8.27. The number of likely N-dealkylation sites (tertiary alicyclic amines) is 1. The summed E-state index contributed by atoms with van der Waals surface area (Å²) in [5.41, 5.74) is 5.04. The van der Waals surface area contributed by atoms with E-state index in [1.54, 1.807) is 7.11 Å². The number of primary amides is 1. The van der Waals surface area contributed by atoms with Gasteiger partial charge in [-0.2, -0.15) is 0 Å². The number of methoxy groups -OCH3 is 1. The second kappa shape index (κ2) is 7.07. The number of nitrogens with one attached hydrogen (secondary N) is 1. The molecule has 0 aromatic rings. The highest BCUT2D eigenvalue weighted by Gasteiger charge is 2.36. The van der Waals surface area contributed by atoms with Gasteiger partial charge in [0.15, 0.2) is 0 Å². The van der Waals surface area contributed by atoms with E-state index < -0.39 is 5.54 Å². The fraction of sp³-hybridized carbons (Fsp3) is 0.938. The van der Waals surface area contributed by atoms with Crippen molar-refractivity contribution in [3.05, 3.63) is 0 Å². The molecule has 0 bridgehead atoms. The van der Waals surface area contributed by atoms with Crippen molar-refractivity contribution in [2.45, 2.75) is 63.6 Å². The van der Waals surface area contributed by atoms with Crippen molar-refractivity contribution in [1.29, 1.82) is 0 Å². The molecule has 0 aromatic carbocycles. The van der Waals surface area contributed by atoms with Crippen LogP contribution in [0.1, 0.15) is 46.0 Å². The number of hydrogen-bond donors (Lipinski definition) is 2. The lowest BCUT2D eigenvalue weighted by Crippen LogP contribution is -2.54. The van der Waals surface area contributed by atoms with Crippen LogP contribution in [0, 0.1) is 5.92 Å². The average Bonchev–Trinajstić information content (AvgIpc) is 3.24. The van der Waals surface area contributed by atoms with Gasteiger partial charge in [-0.05, 0) is 58.0 Å². The minimum absolute atomic E-state index is 0.226. The van der Waals surface area contributed by atoms with Gasteiger partial charge in [-0.1, -0.05) is 6.92 Å². The number of rotatable bonds is 8. The minimum Gasteiger partial charge on any atom is -0.380 e. The molecule has 3 atom stereocenters. The van der Waals surface area contributed by atoms with Crippen LogP contribution in [0.2, 0.25) is 0 Å². The Kier molecular flexibility index (Phi) is 5.63. The Morgan fingerprint density at radius 3 is 2.71 bits per heavy atom. The first-order valence-corrected chi connectivity index (χ1v) is 8.27. The van der Waals surface area contributed by atoms with Gasteiger partial charge in [-0.25, -0.2) is 0 Å². The van der Waals surface area contributed by atoms with Crippen molar-refractivity contribution >= 4 is 5.91 Å². The summed E-state index contributed by atoms with van der Waals surface area (Å²) in [7, 11) is 1.80. The summed E-state index contributed by atoms with van der Waals surface area (Å²) in [6.07, 6.45) is 5.66. The smallest absolute Gasteiger partial charge is 0.237 e. The molecule has 122 valence electrons. The lowest BCUT2D eigenvalue weighted by Gasteiger charge is -2.37. The number of nitrogens with two attached hydrogens (primary N) is 1. The number of carbonyl (C=O) groups excluding carboxylic acids is 1. The van der Waals surface area contributed by atoms with Crippen molar-refractivity contribution in [1.82, 2.24) is 10.2 Å². The second-order valence-electron chi connectivity index (χ2n) is 7.06. The monoisotopic (exact) mass is 297 g/mol. The Balaban J connectivity index is 1.75. The minimum atomic E-state index is -0.551. The fourth-order valence-corrected chi connectivity index (χ4v) is 3.21. The standard InChI is InChI=1S/C16H31N3O2/c1-12-7-10-19(11-14(12)21-3)9-4-8-16(2,15(17)20)18-13-5-6-13/h12-14,18H,4-11H2,1-3H3,(H2,17,20). The van der Waals surface area contributed by atoms with Crippen LogP contribution in [0.25, 0.3) is 0 Å². The van der Waals surface area contributed by atoms with Crippen LogP contribution in [-0.2, 0) is 9.53 Å². The van der Waals surface area contributed by atoms with Crippen LogP contribution in [0.3, 0.4) is 0 Å². The van der Waals surface area contributed by atoms with Crippen molar-refractivity contribution in [2.75, 3.05) is 26.7 Å². The van der Waals surface area contributed by atoms with Gasteiger partial charge in [0.1, 0.15) is 0 Å². The molecule has 1 amide bonds. The van der Waals surface area contributed by atoms with E-state index in [1.807, 2.05) is 6.92 Å². The van der Waals surface area contributed by atoms with Gasteiger partial charge >= 0.3 is 0 Å².